The number of amides is 1. The summed E-state index contributed by atoms with van der Waals surface area (Å²) in [5.74, 6) is -1.45. The molecule has 0 aliphatic carbocycles. The van der Waals surface area contributed by atoms with Crippen LogP contribution in [0, 0.1) is 19.7 Å². The van der Waals surface area contributed by atoms with Gasteiger partial charge in [-0.3, -0.25) is 9.59 Å². The number of nitrogens with zero attached hydrogens (tertiary/aromatic N) is 1. The molecule has 1 amide bonds. The number of hydrogen-bond acceptors (Lipinski definition) is 3. The number of carbonyl (C=O) groups is 1. The molecule has 2 rings (SSSR count). The first-order chi connectivity index (χ1) is 13.4. The van der Waals surface area contributed by atoms with Crippen molar-refractivity contribution >= 4 is 11.6 Å². The molecule has 5 nitrogen and oxygen atoms in total. The van der Waals surface area contributed by atoms with Gasteiger partial charge in [0.05, 0.1) is 5.69 Å². The maximum atomic E-state index is 14.6. The number of nitrogens with one attached hydrogen (secondary N) is 1. The Labute approximate surface area is 165 Å². The number of ether oxygens (including phenoxy) is 1. The Morgan fingerprint density at radius 3 is 2.29 bits per heavy atom. The molecule has 0 atom stereocenters. The maximum Gasteiger partial charge on any atom is 0.261 e. The second-order valence-corrected chi connectivity index (χ2v) is 6.80. The van der Waals surface area contributed by atoms with Gasteiger partial charge in [0.1, 0.15) is 5.56 Å². The van der Waals surface area contributed by atoms with Crippen LogP contribution < -0.4 is 10.7 Å². The third-order valence-corrected chi connectivity index (χ3v) is 5.11. The quantitative estimate of drug-likeness (QED) is 0.695. The summed E-state index contributed by atoms with van der Waals surface area (Å²) < 4.78 is 21.3. The fourth-order valence-electron chi connectivity index (χ4n) is 3.49. The number of halogens is 1. The highest BCUT2D eigenvalue weighted by molar-refractivity contribution is 6.05. The van der Waals surface area contributed by atoms with Crippen LogP contribution in [-0.4, -0.2) is 24.2 Å². The molecule has 1 N–H and O–H groups in total. The minimum atomic E-state index is -0.882. The number of carbonyl (C=O) groups excluding carboxylic acids is 1. The van der Waals surface area contributed by atoms with Crippen molar-refractivity contribution in [2.75, 3.05) is 19.0 Å². The van der Waals surface area contributed by atoms with Crippen molar-refractivity contribution in [3.05, 3.63) is 62.3 Å². The van der Waals surface area contributed by atoms with E-state index in [2.05, 4.69) is 5.32 Å². The van der Waals surface area contributed by atoms with E-state index in [-0.39, 0.29) is 11.3 Å². The van der Waals surface area contributed by atoms with Gasteiger partial charge in [0.2, 0.25) is 5.43 Å². The second kappa shape index (κ2) is 9.64. The average molecular weight is 388 g/mol. The number of aryl methyl sites for hydroxylation is 2. The summed E-state index contributed by atoms with van der Waals surface area (Å²) in [6, 6.07) is 5.84. The molecule has 6 heteroatoms. The van der Waals surface area contributed by atoms with Gasteiger partial charge < -0.3 is 14.6 Å². The Balaban J connectivity index is 2.51. The zero-order chi connectivity index (χ0) is 20.8. The van der Waals surface area contributed by atoms with Crippen molar-refractivity contribution in [3.63, 3.8) is 0 Å². The van der Waals surface area contributed by atoms with Gasteiger partial charge in [0.15, 0.2) is 5.82 Å². The molecule has 2 aromatic rings. The van der Waals surface area contributed by atoms with Crippen LogP contribution in [0.15, 0.2) is 23.0 Å². The molecular weight excluding hydrogens is 359 g/mol. The minimum Gasteiger partial charge on any atom is -0.385 e. The van der Waals surface area contributed by atoms with E-state index >= 15 is 0 Å². The largest absolute Gasteiger partial charge is 0.385 e. The van der Waals surface area contributed by atoms with E-state index in [0.717, 1.165) is 24.0 Å². The first kappa shape index (κ1) is 21.8. The number of pyridine rings is 1. The lowest BCUT2D eigenvalue weighted by molar-refractivity contribution is 0.102. The van der Waals surface area contributed by atoms with Crippen LogP contribution in [0.25, 0.3) is 0 Å². The van der Waals surface area contributed by atoms with Crippen molar-refractivity contribution in [2.24, 2.45) is 0 Å². The first-order valence-electron chi connectivity index (χ1n) is 9.67. The van der Waals surface area contributed by atoms with E-state index < -0.39 is 17.2 Å². The number of hydrogen-bond donors (Lipinski definition) is 1. The summed E-state index contributed by atoms with van der Waals surface area (Å²) in [5.41, 5.74) is 2.37. The highest BCUT2D eigenvalue weighted by Gasteiger charge is 2.23. The molecule has 1 aromatic carbocycles. The molecular formula is C22H29FN2O3. The van der Waals surface area contributed by atoms with E-state index in [0.29, 0.717) is 31.0 Å². The molecule has 0 saturated heterocycles. The fraction of sp³-hybridized carbons (Fsp3) is 0.455. The molecule has 1 aromatic heterocycles. The molecule has 0 unspecified atom stereocenters. The lowest BCUT2D eigenvalue weighted by Crippen LogP contribution is -2.30. The highest BCUT2D eigenvalue weighted by atomic mass is 19.1. The predicted octanol–water partition coefficient (Wildman–Crippen LogP) is 4.02. The van der Waals surface area contributed by atoms with Gasteiger partial charge in [-0.05, 0) is 44.2 Å². The standard InChI is InChI=1S/C22H29FN2O3/c1-6-16-10-8-11-17(7-2)20(16)24-22(27)18-14(3)25(12-9-13-28-5)15(4)19(23)21(18)26/h8,10-11H,6-7,9,12-13H2,1-5H3,(H,24,27). The SMILES string of the molecule is CCc1cccc(CC)c1NC(=O)c1c(C)n(CCCOC)c(C)c(F)c1=O. The summed E-state index contributed by atoms with van der Waals surface area (Å²) in [7, 11) is 1.60. The van der Waals surface area contributed by atoms with Gasteiger partial charge in [0, 0.05) is 31.6 Å². The lowest BCUT2D eigenvalue weighted by Gasteiger charge is -2.19. The number of rotatable bonds is 8. The molecule has 152 valence electrons. The Bertz CT molecular complexity index is 897. The summed E-state index contributed by atoms with van der Waals surface area (Å²) in [6.07, 6.45) is 2.14. The number of aromatic nitrogens is 1. The summed E-state index contributed by atoms with van der Waals surface area (Å²) in [5, 5.41) is 2.88. The van der Waals surface area contributed by atoms with Crippen LogP contribution in [0.3, 0.4) is 0 Å². The molecule has 1 heterocycles. The smallest absolute Gasteiger partial charge is 0.261 e. The summed E-state index contributed by atoms with van der Waals surface area (Å²) in [6.45, 7) is 8.22. The van der Waals surface area contributed by atoms with Gasteiger partial charge in [0.25, 0.3) is 5.91 Å². The van der Waals surface area contributed by atoms with Crippen LogP contribution in [0.5, 0.6) is 0 Å². The van der Waals surface area contributed by atoms with Crippen molar-refractivity contribution < 1.29 is 13.9 Å². The van der Waals surface area contributed by atoms with E-state index in [1.807, 2.05) is 32.0 Å². The molecule has 0 bridgehead atoms. The van der Waals surface area contributed by atoms with Crippen molar-refractivity contribution in [2.45, 2.75) is 53.5 Å². The second-order valence-electron chi connectivity index (χ2n) is 6.80. The molecule has 0 aliphatic heterocycles. The van der Waals surface area contributed by atoms with Gasteiger partial charge in [-0.2, -0.15) is 0 Å². The maximum absolute atomic E-state index is 14.6. The zero-order valence-electron chi connectivity index (χ0n) is 17.3. The topological polar surface area (TPSA) is 60.3 Å². The zero-order valence-corrected chi connectivity index (χ0v) is 17.3. The number of anilines is 1. The highest BCUT2D eigenvalue weighted by Crippen LogP contribution is 2.24. The van der Waals surface area contributed by atoms with Crippen LogP contribution >= 0.6 is 0 Å². The van der Waals surface area contributed by atoms with Crippen LogP contribution in [0.1, 0.15) is 53.1 Å². The average Bonchev–Trinajstić information content (AvgIpc) is 2.69. The van der Waals surface area contributed by atoms with E-state index in [1.54, 1.807) is 25.5 Å². The van der Waals surface area contributed by atoms with Crippen molar-refractivity contribution in [1.82, 2.24) is 4.57 Å². The molecule has 0 fully saturated rings. The van der Waals surface area contributed by atoms with Crippen LogP contribution in [0.4, 0.5) is 10.1 Å². The number of benzene rings is 1. The fourth-order valence-corrected chi connectivity index (χ4v) is 3.49. The molecule has 0 radical (unpaired) electrons. The van der Waals surface area contributed by atoms with Gasteiger partial charge in [-0.1, -0.05) is 32.0 Å². The minimum absolute atomic E-state index is 0.145. The van der Waals surface area contributed by atoms with Gasteiger partial charge >= 0.3 is 0 Å². The van der Waals surface area contributed by atoms with Crippen LogP contribution in [-0.2, 0) is 24.1 Å². The molecule has 0 saturated carbocycles. The summed E-state index contributed by atoms with van der Waals surface area (Å²) >= 11 is 0. The Hall–Kier alpha value is -2.47. The lowest BCUT2D eigenvalue weighted by atomic mass is 10.0. The van der Waals surface area contributed by atoms with E-state index in [9.17, 15) is 14.0 Å². The monoisotopic (exact) mass is 388 g/mol. The van der Waals surface area contributed by atoms with E-state index in [4.69, 9.17) is 4.74 Å². The van der Waals surface area contributed by atoms with Gasteiger partial charge in [-0.25, -0.2) is 4.39 Å². The van der Waals surface area contributed by atoms with Crippen molar-refractivity contribution in [3.8, 4) is 0 Å². The first-order valence-corrected chi connectivity index (χ1v) is 9.67. The molecule has 0 aliphatic rings. The normalized spacial score (nSPS) is 10.9. The third-order valence-electron chi connectivity index (χ3n) is 5.11. The predicted molar refractivity (Wildman–Crippen MR) is 110 cm³/mol. The Morgan fingerprint density at radius 1 is 1.14 bits per heavy atom. The number of methoxy groups -OCH3 is 1. The van der Waals surface area contributed by atoms with Gasteiger partial charge in [-0.15, -0.1) is 0 Å². The van der Waals surface area contributed by atoms with Crippen molar-refractivity contribution in [1.29, 1.82) is 0 Å². The van der Waals surface area contributed by atoms with E-state index in [1.165, 1.54) is 0 Å². The Morgan fingerprint density at radius 2 is 1.75 bits per heavy atom. The molecule has 0 spiro atoms. The number of para-hydroxylation sites is 1. The summed E-state index contributed by atoms with van der Waals surface area (Å²) in [4.78, 5) is 25.6. The Kier molecular flexibility index (Phi) is 7.52. The van der Waals surface area contributed by atoms with Crippen LogP contribution in [0.2, 0.25) is 0 Å². The third kappa shape index (κ3) is 4.33. The molecule has 28 heavy (non-hydrogen) atoms.